The number of benzene rings is 3. The monoisotopic (exact) mass is 846 g/mol. The van der Waals surface area contributed by atoms with E-state index in [0.717, 1.165) is 32.8 Å². The number of nitrogen functional groups attached to an aromatic ring is 1. The first-order valence-corrected chi connectivity index (χ1v) is 21.4. The van der Waals surface area contributed by atoms with E-state index in [-0.39, 0.29) is 48.9 Å². The number of aryl methyl sites for hydroxylation is 1. The Labute approximate surface area is 359 Å². The zero-order chi connectivity index (χ0) is 43.6. The first-order chi connectivity index (χ1) is 29.0. The van der Waals surface area contributed by atoms with Gasteiger partial charge in [0.05, 0.1) is 46.1 Å². The van der Waals surface area contributed by atoms with E-state index in [1.165, 1.54) is 4.90 Å². The standard InChI is InChI=1S/C46H54N8O6S/c1-27(29-10-12-31(13-11-29)40-28(2)48-26-61-40)49-43(58)37-22-33(55)24-54(37)44(59)41(45(3,4)5)50-39(57)25-53-20-18-46(60,19-21-53)32-16-14-30(15-17-32)35-23-36(51-52-42(35)47)34-8-6-7-9-38(34)56/h6-17,23,26-27,33,37,41,55-56,60H,18-22,24-25H2,1-5H3,(H2,47,52)(H,49,58)(H,50,57)/t27-,33+,37-,41+/m0/s1. The number of aromatic nitrogens is 3. The molecule has 0 aliphatic carbocycles. The highest BCUT2D eigenvalue weighted by Crippen LogP contribution is 2.37. The molecule has 0 unspecified atom stereocenters. The van der Waals surface area contributed by atoms with E-state index < -0.39 is 35.1 Å². The van der Waals surface area contributed by atoms with Crippen LogP contribution in [0.2, 0.25) is 0 Å². The van der Waals surface area contributed by atoms with Crippen LogP contribution in [0.25, 0.3) is 32.8 Å². The molecule has 0 bridgehead atoms. The summed E-state index contributed by atoms with van der Waals surface area (Å²) in [6.45, 7) is 10.3. The number of anilines is 1. The largest absolute Gasteiger partial charge is 0.507 e. The van der Waals surface area contributed by atoms with Gasteiger partial charge in [0.25, 0.3) is 0 Å². The van der Waals surface area contributed by atoms with Gasteiger partial charge in [0, 0.05) is 37.2 Å². The number of nitrogens with two attached hydrogens (primary N) is 1. The average Bonchev–Trinajstić information content (AvgIpc) is 3.86. The summed E-state index contributed by atoms with van der Waals surface area (Å²) in [5, 5.41) is 47.0. The number of likely N-dealkylation sites (tertiary alicyclic amines) is 2. The highest BCUT2D eigenvalue weighted by atomic mass is 32.1. The Bertz CT molecular complexity index is 2370. The molecule has 3 amide bonds. The number of nitrogens with one attached hydrogen (secondary N) is 2. The lowest BCUT2D eigenvalue weighted by molar-refractivity contribution is -0.144. The minimum absolute atomic E-state index is 0.0194. The van der Waals surface area contributed by atoms with E-state index in [4.69, 9.17) is 5.73 Å². The summed E-state index contributed by atoms with van der Waals surface area (Å²) in [5.41, 5.74) is 12.3. The van der Waals surface area contributed by atoms with Crippen LogP contribution in [0.5, 0.6) is 5.75 Å². The van der Waals surface area contributed by atoms with Gasteiger partial charge in [-0.15, -0.1) is 21.5 Å². The van der Waals surface area contributed by atoms with Crippen molar-refractivity contribution in [2.24, 2.45) is 5.41 Å². The summed E-state index contributed by atoms with van der Waals surface area (Å²) in [7, 11) is 0. The van der Waals surface area contributed by atoms with Crippen molar-refractivity contribution in [3.8, 4) is 38.6 Å². The van der Waals surface area contributed by atoms with Crippen molar-refractivity contribution in [2.75, 3.05) is 31.9 Å². The van der Waals surface area contributed by atoms with Gasteiger partial charge in [-0.3, -0.25) is 19.3 Å². The maximum Gasteiger partial charge on any atom is 0.246 e. The van der Waals surface area contributed by atoms with Crippen molar-refractivity contribution in [1.29, 1.82) is 0 Å². The number of β-amino-alcohol motifs (C(OH)–C–C–N with tert-alkyl or cyclic N) is 1. The lowest BCUT2D eigenvalue weighted by atomic mass is 9.83. The minimum Gasteiger partial charge on any atom is -0.507 e. The number of para-hydroxylation sites is 1. The number of phenolic OH excluding ortho intramolecular Hbond substituents is 1. The minimum atomic E-state index is -1.12. The number of carbonyl (C=O) groups excluding carboxylic acids is 3. The Morgan fingerprint density at radius 1 is 0.951 bits per heavy atom. The van der Waals surface area contributed by atoms with Gasteiger partial charge in [0.1, 0.15) is 17.8 Å². The smallest absolute Gasteiger partial charge is 0.246 e. The van der Waals surface area contributed by atoms with Crippen LogP contribution in [-0.4, -0.2) is 102 Å². The number of hydrogen-bond donors (Lipinski definition) is 6. The number of thiazole rings is 1. The zero-order valence-corrected chi connectivity index (χ0v) is 35.9. The van der Waals surface area contributed by atoms with Gasteiger partial charge < -0.3 is 36.6 Å². The van der Waals surface area contributed by atoms with Gasteiger partial charge in [-0.25, -0.2) is 4.98 Å². The fourth-order valence-corrected chi connectivity index (χ4v) is 9.02. The van der Waals surface area contributed by atoms with Crippen molar-refractivity contribution in [1.82, 2.24) is 35.6 Å². The molecule has 0 spiro atoms. The summed E-state index contributed by atoms with van der Waals surface area (Å²) in [4.78, 5) is 50.3. The summed E-state index contributed by atoms with van der Waals surface area (Å²) in [5.74, 6) is -0.820. The maximum atomic E-state index is 14.2. The van der Waals surface area contributed by atoms with Gasteiger partial charge in [-0.05, 0) is 72.6 Å². The third kappa shape index (κ3) is 9.60. The normalized spacial score (nSPS) is 19.0. The third-order valence-electron chi connectivity index (χ3n) is 11.8. The Balaban J connectivity index is 0.948. The molecule has 14 nitrogen and oxygen atoms in total. The number of aliphatic hydroxyl groups is 2. The Kier molecular flexibility index (Phi) is 12.6. The van der Waals surface area contributed by atoms with E-state index in [1.54, 1.807) is 41.7 Å². The summed E-state index contributed by atoms with van der Waals surface area (Å²) < 4.78 is 0. The van der Waals surface area contributed by atoms with Crippen molar-refractivity contribution in [3.63, 3.8) is 0 Å². The molecular weight excluding hydrogens is 793 g/mol. The molecule has 4 heterocycles. The molecule has 7 rings (SSSR count). The van der Waals surface area contributed by atoms with Gasteiger partial charge in [0.2, 0.25) is 17.7 Å². The quantitative estimate of drug-likeness (QED) is 0.102. The molecule has 2 aliphatic rings. The van der Waals surface area contributed by atoms with E-state index in [9.17, 15) is 29.7 Å². The summed E-state index contributed by atoms with van der Waals surface area (Å²) >= 11 is 1.57. The molecule has 5 aromatic rings. The second-order valence-corrected chi connectivity index (χ2v) is 18.2. The molecule has 0 saturated carbocycles. The van der Waals surface area contributed by atoms with Gasteiger partial charge >= 0.3 is 0 Å². The molecular formula is C46H54N8O6S. The first kappa shape index (κ1) is 43.4. The SMILES string of the molecule is Cc1ncsc1-c1ccc([C@H](C)NC(=O)[C@@H]2C[C@@H](O)CN2C(=O)[C@@H](NC(=O)CN2CCC(O)(c3ccc(-c4cc(-c5ccccc5O)nnc4N)cc3)CC2)C(C)(C)C)cc1. The molecule has 320 valence electrons. The predicted octanol–water partition coefficient (Wildman–Crippen LogP) is 5.18. The lowest BCUT2D eigenvalue weighted by Crippen LogP contribution is -2.59. The van der Waals surface area contributed by atoms with Gasteiger partial charge in [-0.2, -0.15) is 0 Å². The fourth-order valence-electron chi connectivity index (χ4n) is 8.21. The number of piperidine rings is 1. The Morgan fingerprint density at radius 2 is 1.62 bits per heavy atom. The molecule has 2 aromatic heterocycles. The Morgan fingerprint density at radius 3 is 2.26 bits per heavy atom. The Hall–Kier alpha value is -5.74. The highest BCUT2D eigenvalue weighted by Gasteiger charge is 2.45. The lowest BCUT2D eigenvalue weighted by Gasteiger charge is -2.39. The predicted molar refractivity (Wildman–Crippen MR) is 235 cm³/mol. The van der Waals surface area contributed by atoms with Crippen LogP contribution in [-0.2, 0) is 20.0 Å². The number of phenols is 1. The summed E-state index contributed by atoms with van der Waals surface area (Å²) in [6, 6.07) is 21.8. The van der Waals surface area contributed by atoms with Crippen molar-refractivity contribution in [2.45, 2.75) is 83.7 Å². The van der Waals surface area contributed by atoms with Crippen LogP contribution < -0.4 is 16.4 Å². The number of nitrogens with zero attached hydrogens (tertiary/aromatic N) is 5. The number of rotatable bonds is 11. The van der Waals surface area contributed by atoms with Crippen LogP contribution in [0.4, 0.5) is 5.82 Å². The molecule has 0 radical (unpaired) electrons. The number of carbonyl (C=O) groups is 3. The van der Waals surface area contributed by atoms with Crippen LogP contribution in [0.1, 0.15) is 69.8 Å². The van der Waals surface area contributed by atoms with Crippen molar-refractivity contribution >= 4 is 34.9 Å². The zero-order valence-electron chi connectivity index (χ0n) is 35.1. The van der Waals surface area contributed by atoms with Crippen molar-refractivity contribution < 1.29 is 29.7 Å². The number of aromatic hydroxyl groups is 1. The third-order valence-corrected chi connectivity index (χ3v) is 12.8. The molecule has 2 fully saturated rings. The molecule has 2 aliphatic heterocycles. The molecule has 61 heavy (non-hydrogen) atoms. The van der Waals surface area contributed by atoms with E-state index in [1.807, 2.05) is 93.6 Å². The van der Waals surface area contributed by atoms with Crippen LogP contribution >= 0.6 is 11.3 Å². The van der Waals surface area contributed by atoms with Crippen molar-refractivity contribution in [3.05, 3.63) is 101 Å². The molecule has 15 heteroatoms. The number of hydrogen-bond acceptors (Lipinski definition) is 12. The van der Waals surface area contributed by atoms with Crippen LogP contribution in [0, 0.1) is 12.3 Å². The highest BCUT2D eigenvalue weighted by molar-refractivity contribution is 7.13. The number of amides is 3. The molecule has 2 saturated heterocycles. The maximum absolute atomic E-state index is 14.2. The van der Waals surface area contributed by atoms with E-state index in [2.05, 4.69) is 25.8 Å². The number of aliphatic hydroxyl groups excluding tert-OH is 1. The second-order valence-electron chi connectivity index (χ2n) is 17.3. The molecule has 7 N–H and O–H groups in total. The summed E-state index contributed by atoms with van der Waals surface area (Å²) in [6.07, 6.45) is -0.0263. The second kappa shape index (κ2) is 17.7. The van der Waals surface area contributed by atoms with Gasteiger partial charge in [0.15, 0.2) is 5.82 Å². The topological polar surface area (TPSA) is 207 Å². The first-order valence-electron chi connectivity index (χ1n) is 20.6. The average molecular weight is 847 g/mol. The molecule has 4 atom stereocenters. The van der Waals surface area contributed by atoms with Crippen LogP contribution in [0.15, 0.2) is 84.4 Å². The van der Waals surface area contributed by atoms with E-state index in [0.29, 0.717) is 42.8 Å². The fraction of sp³-hybridized carbons (Fsp3) is 0.391. The molecule has 3 aromatic carbocycles. The van der Waals surface area contributed by atoms with E-state index >= 15 is 0 Å². The van der Waals surface area contributed by atoms with Crippen LogP contribution in [0.3, 0.4) is 0 Å². The van der Waals surface area contributed by atoms with Gasteiger partial charge in [-0.1, -0.05) is 81.4 Å².